The van der Waals surface area contributed by atoms with E-state index < -0.39 is 17.2 Å². The van der Waals surface area contributed by atoms with Gasteiger partial charge >= 0.3 is 0 Å². The molecule has 0 aliphatic heterocycles. The van der Waals surface area contributed by atoms with Crippen molar-refractivity contribution in [3.63, 3.8) is 0 Å². The van der Waals surface area contributed by atoms with E-state index in [9.17, 15) is 13.9 Å². The van der Waals surface area contributed by atoms with E-state index in [1.807, 2.05) is 0 Å². The molecule has 0 amide bonds. The van der Waals surface area contributed by atoms with Gasteiger partial charge in [0.2, 0.25) is 0 Å². The molecule has 3 nitrogen and oxygen atoms in total. The number of hydrogen-bond acceptors (Lipinski definition) is 3. The highest BCUT2D eigenvalue weighted by Gasteiger charge is 2.28. The molecule has 1 aromatic rings. The van der Waals surface area contributed by atoms with Crippen molar-refractivity contribution in [3.8, 4) is 5.75 Å². The first kappa shape index (κ1) is 11.9. The van der Waals surface area contributed by atoms with Gasteiger partial charge in [0.25, 0.3) is 0 Å². The van der Waals surface area contributed by atoms with Gasteiger partial charge in [0, 0.05) is 18.2 Å². The Bertz CT molecular complexity index is 367. The van der Waals surface area contributed by atoms with Crippen molar-refractivity contribution in [2.24, 2.45) is 5.73 Å². The summed E-state index contributed by atoms with van der Waals surface area (Å²) in [5.74, 6) is -1.83. The lowest BCUT2D eigenvalue weighted by Crippen LogP contribution is -2.32. The maximum Gasteiger partial charge on any atom is 0.168 e. The van der Waals surface area contributed by atoms with E-state index in [1.54, 1.807) is 0 Å². The summed E-state index contributed by atoms with van der Waals surface area (Å²) in [5.41, 5.74) is 3.80. The summed E-state index contributed by atoms with van der Waals surface area (Å²) < 4.78 is 31.0. The van der Waals surface area contributed by atoms with Crippen molar-refractivity contribution in [2.75, 3.05) is 13.7 Å². The fourth-order valence-corrected chi connectivity index (χ4v) is 1.28. The van der Waals surface area contributed by atoms with Crippen LogP contribution in [0.5, 0.6) is 5.75 Å². The van der Waals surface area contributed by atoms with Gasteiger partial charge in [-0.05, 0) is 13.0 Å². The van der Waals surface area contributed by atoms with E-state index in [1.165, 1.54) is 14.0 Å². The third kappa shape index (κ3) is 2.24. The van der Waals surface area contributed by atoms with Crippen LogP contribution in [0.1, 0.15) is 12.5 Å². The van der Waals surface area contributed by atoms with Gasteiger partial charge in [0.15, 0.2) is 11.6 Å². The van der Waals surface area contributed by atoms with Gasteiger partial charge in [-0.3, -0.25) is 0 Å². The summed E-state index contributed by atoms with van der Waals surface area (Å²) in [6, 6.07) is 1.70. The molecular formula is C10H13F2NO2. The first-order valence-electron chi connectivity index (χ1n) is 4.38. The van der Waals surface area contributed by atoms with Crippen LogP contribution in [0.2, 0.25) is 0 Å². The van der Waals surface area contributed by atoms with Crippen LogP contribution < -0.4 is 10.5 Å². The van der Waals surface area contributed by atoms with E-state index in [2.05, 4.69) is 0 Å². The minimum Gasteiger partial charge on any atom is -0.493 e. The lowest BCUT2D eigenvalue weighted by molar-refractivity contribution is 0.0630. The number of nitrogens with two attached hydrogens (primary N) is 1. The summed E-state index contributed by atoms with van der Waals surface area (Å²) in [6.45, 7) is 1.20. The molecule has 0 aromatic heterocycles. The zero-order chi connectivity index (χ0) is 11.6. The molecule has 1 unspecified atom stereocenters. The molecule has 0 saturated heterocycles. The first-order chi connectivity index (χ1) is 6.92. The maximum atomic E-state index is 13.3. The second-order valence-electron chi connectivity index (χ2n) is 3.45. The van der Waals surface area contributed by atoms with Crippen LogP contribution in [0.4, 0.5) is 8.78 Å². The third-order valence-electron chi connectivity index (χ3n) is 2.19. The summed E-state index contributed by atoms with van der Waals surface area (Å²) in [7, 11) is 1.24. The monoisotopic (exact) mass is 217 g/mol. The molecule has 0 bridgehead atoms. The second-order valence-corrected chi connectivity index (χ2v) is 3.45. The number of halogens is 2. The number of aliphatic hydroxyl groups is 1. The quantitative estimate of drug-likeness (QED) is 0.798. The topological polar surface area (TPSA) is 55.5 Å². The third-order valence-corrected chi connectivity index (χ3v) is 2.19. The number of methoxy groups -OCH3 is 1. The van der Waals surface area contributed by atoms with E-state index in [0.717, 1.165) is 6.07 Å². The number of benzene rings is 1. The number of rotatable bonds is 3. The Morgan fingerprint density at radius 1 is 1.47 bits per heavy atom. The van der Waals surface area contributed by atoms with Crippen molar-refractivity contribution < 1.29 is 18.6 Å². The molecule has 1 atom stereocenters. The van der Waals surface area contributed by atoms with E-state index in [4.69, 9.17) is 10.5 Å². The van der Waals surface area contributed by atoms with Crippen LogP contribution in [-0.4, -0.2) is 18.8 Å². The molecule has 0 saturated carbocycles. The maximum absolute atomic E-state index is 13.3. The molecule has 0 aliphatic carbocycles. The van der Waals surface area contributed by atoms with E-state index >= 15 is 0 Å². The molecular weight excluding hydrogens is 204 g/mol. The van der Waals surface area contributed by atoms with Crippen molar-refractivity contribution in [3.05, 3.63) is 29.3 Å². The Kier molecular flexibility index (Phi) is 3.26. The van der Waals surface area contributed by atoms with Crippen LogP contribution in [0.3, 0.4) is 0 Å². The lowest BCUT2D eigenvalue weighted by Gasteiger charge is -2.24. The Morgan fingerprint density at radius 2 is 2.07 bits per heavy atom. The van der Waals surface area contributed by atoms with Crippen LogP contribution in [0, 0.1) is 11.6 Å². The van der Waals surface area contributed by atoms with Crippen molar-refractivity contribution in [2.45, 2.75) is 12.5 Å². The van der Waals surface area contributed by atoms with E-state index in [-0.39, 0.29) is 17.9 Å². The molecule has 0 radical (unpaired) electrons. The summed E-state index contributed by atoms with van der Waals surface area (Å²) in [4.78, 5) is 0. The zero-order valence-corrected chi connectivity index (χ0v) is 8.55. The molecule has 5 heteroatoms. The highest BCUT2D eigenvalue weighted by Crippen LogP contribution is 2.32. The van der Waals surface area contributed by atoms with Gasteiger partial charge < -0.3 is 15.6 Å². The Balaban J connectivity index is 3.39. The highest BCUT2D eigenvalue weighted by molar-refractivity contribution is 5.39. The van der Waals surface area contributed by atoms with Crippen molar-refractivity contribution in [1.29, 1.82) is 0 Å². The van der Waals surface area contributed by atoms with Gasteiger partial charge in [0.1, 0.15) is 11.4 Å². The predicted octanol–water partition coefficient (Wildman–Crippen LogP) is 1.14. The van der Waals surface area contributed by atoms with Crippen LogP contribution >= 0.6 is 0 Å². The molecule has 0 spiro atoms. The second kappa shape index (κ2) is 4.12. The average molecular weight is 217 g/mol. The average Bonchev–Trinajstić information content (AvgIpc) is 2.16. The number of ether oxygens (including phenoxy) is 1. The fraction of sp³-hybridized carbons (Fsp3) is 0.400. The smallest absolute Gasteiger partial charge is 0.168 e. The van der Waals surface area contributed by atoms with Crippen molar-refractivity contribution >= 4 is 0 Å². The summed E-state index contributed by atoms with van der Waals surface area (Å²) in [5, 5.41) is 9.82. The van der Waals surface area contributed by atoms with Gasteiger partial charge in [-0.25, -0.2) is 8.78 Å². The molecule has 1 aromatic carbocycles. The van der Waals surface area contributed by atoms with Gasteiger partial charge in [-0.15, -0.1) is 0 Å². The molecule has 0 aliphatic rings. The highest BCUT2D eigenvalue weighted by atomic mass is 19.1. The Morgan fingerprint density at radius 3 is 2.53 bits per heavy atom. The minimum atomic E-state index is -1.52. The lowest BCUT2D eigenvalue weighted by atomic mass is 9.95. The fourth-order valence-electron chi connectivity index (χ4n) is 1.28. The standard InChI is InChI=1S/C10H13F2NO2/c1-10(14,5-13)7-3-6(11)4-8(12)9(7)15-2/h3-4,14H,5,13H2,1-2H3. The normalized spacial score (nSPS) is 14.8. The summed E-state index contributed by atoms with van der Waals surface area (Å²) >= 11 is 0. The molecule has 1 rings (SSSR count). The molecule has 3 N–H and O–H groups in total. The SMILES string of the molecule is COc1c(F)cc(F)cc1C(C)(O)CN. The van der Waals surface area contributed by atoms with E-state index in [0.29, 0.717) is 6.07 Å². The molecule has 84 valence electrons. The van der Waals surface area contributed by atoms with Gasteiger partial charge in [-0.1, -0.05) is 0 Å². The zero-order valence-electron chi connectivity index (χ0n) is 8.55. The molecule has 0 fully saturated rings. The van der Waals surface area contributed by atoms with Crippen LogP contribution in [0.25, 0.3) is 0 Å². The Hall–Kier alpha value is -1.20. The number of hydrogen-bond donors (Lipinski definition) is 2. The largest absolute Gasteiger partial charge is 0.493 e. The molecule has 15 heavy (non-hydrogen) atoms. The van der Waals surface area contributed by atoms with Gasteiger partial charge in [-0.2, -0.15) is 0 Å². The molecule has 0 heterocycles. The van der Waals surface area contributed by atoms with Crippen LogP contribution in [-0.2, 0) is 5.60 Å². The first-order valence-corrected chi connectivity index (χ1v) is 4.38. The van der Waals surface area contributed by atoms with Crippen LogP contribution in [0.15, 0.2) is 12.1 Å². The predicted molar refractivity (Wildman–Crippen MR) is 51.5 cm³/mol. The van der Waals surface area contributed by atoms with Gasteiger partial charge in [0.05, 0.1) is 7.11 Å². The van der Waals surface area contributed by atoms with Crippen molar-refractivity contribution in [1.82, 2.24) is 0 Å². The minimum absolute atomic E-state index is 0.00463. The summed E-state index contributed by atoms with van der Waals surface area (Å²) in [6.07, 6.45) is 0. The Labute approximate surface area is 86.5 Å².